The summed E-state index contributed by atoms with van der Waals surface area (Å²) in [6, 6.07) is 3.94. The quantitative estimate of drug-likeness (QED) is 0.735. The summed E-state index contributed by atoms with van der Waals surface area (Å²) in [5.74, 6) is 0. The zero-order valence-corrected chi connectivity index (χ0v) is 8.46. The number of nitrogens with one attached hydrogen (secondary N) is 2. The molecule has 72 valence electrons. The fourth-order valence-electron chi connectivity index (χ4n) is 0.879. The van der Waals surface area contributed by atoms with Gasteiger partial charge in [0.25, 0.3) is 0 Å². The van der Waals surface area contributed by atoms with Gasteiger partial charge in [-0.15, -0.1) is 0 Å². The summed E-state index contributed by atoms with van der Waals surface area (Å²) in [4.78, 5) is 4.03. The first-order chi connectivity index (χ1) is 6.14. The van der Waals surface area contributed by atoms with Crippen molar-refractivity contribution in [2.45, 2.75) is 19.4 Å². The molecule has 0 saturated heterocycles. The molecule has 1 rings (SSSR count). The Morgan fingerprint density at radius 2 is 2.23 bits per heavy atom. The molecule has 1 heterocycles. The van der Waals surface area contributed by atoms with E-state index in [0.29, 0.717) is 0 Å². The van der Waals surface area contributed by atoms with Gasteiger partial charge in [-0.1, -0.05) is 0 Å². The molecule has 1 aromatic heterocycles. The second-order valence-electron chi connectivity index (χ2n) is 3.73. The van der Waals surface area contributed by atoms with Crippen molar-refractivity contribution in [3.63, 3.8) is 0 Å². The van der Waals surface area contributed by atoms with Crippen molar-refractivity contribution in [1.82, 2.24) is 10.3 Å². The Morgan fingerprint density at radius 1 is 1.46 bits per heavy atom. The molecule has 0 radical (unpaired) electrons. The van der Waals surface area contributed by atoms with Crippen molar-refractivity contribution in [1.29, 1.82) is 0 Å². The highest BCUT2D eigenvalue weighted by atomic mass is 15.0. The van der Waals surface area contributed by atoms with Gasteiger partial charge >= 0.3 is 0 Å². The largest absolute Gasteiger partial charge is 0.382 e. The lowest BCUT2D eigenvalue weighted by molar-refractivity contribution is 0.448. The molecule has 0 aliphatic rings. The molecule has 0 spiro atoms. The molecule has 0 aromatic carbocycles. The molecule has 2 N–H and O–H groups in total. The molecule has 1 aromatic rings. The van der Waals surface area contributed by atoms with Crippen LogP contribution in [0.5, 0.6) is 0 Å². The summed E-state index contributed by atoms with van der Waals surface area (Å²) in [6.45, 7) is 5.18. The maximum Gasteiger partial charge on any atom is 0.0527 e. The molecule has 0 fully saturated rings. The third kappa shape index (κ3) is 3.42. The van der Waals surface area contributed by atoms with E-state index in [1.807, 2.05) is 25.4 Å². The Morgan fingerprint density at radius 3 is 2.77 bits per heavy atom. The van der Waals surface area contributed by atoms with E-state index in [2.05, 4.69) is 29.5 Å². The van der Waals surface area contributed by atoms with Crippen molar-refractivity contribution in [3.8, 4) is 0 Å². The highest BCUT2D eigenvalue weighted by molar-refractivity contribution is 5.39. The van der Waals surface area contributed by atoms with Crippen LogP contribution in [-0.2, 0) is 0 Å². The van der Waals surface area contributed by atoms with Gasteiger partial charge in [0, 0.05) is 24.5 Å². The number of pyridine rings is 1. The molecule has 0 atom stereocenters. The van der Waals surface area contributed by atoms with Crippen LogP contribution in [0.4, 0.5) is 5.69 Å². The molecule has 0 saturated carbocycles. The number of aromatic nitrogens is 1. The number of rotatable bonds is 4. The molecule has 0 unspecified atom stereocenters. The lowest BCUT2D eigenvalue weighted by Gasteiger charge is -2.24. The molecule has 3 nitrogen and oxygen atoms in total. The minimum absolute atomic E-state index is 0.107. The molecule has 0 aliphatic heterocycles. The van der Waals surface area contributed by atoms with E-state index in [9.17, 15) is 0 Å². The highest BCUT2D eigenvalue weighted by Crippen LogP contribution is 2.06. The summed E-state index contributed by atoms with van der Waals surface area (Å²) >= 11 is 0. The SMILES string of the molecule is CNC(C)(C)CNc1cccnc1. The Hall–Kier alpha value is -1.09. The van der Waals surface area contributed by atoms with E-state index in [4.69, 9.17) is 0 Å². The molecule has 0 bridgehead atoms. The summed E-state index contributed by atoms with van der Waals surface area (Å²) < 4.78 is 0. The van der Waals surface area contributed by atoms with Crippen LogP contribution in [0.25, 0.3) is 0 Å². The zero-order valence-electron chi connectivity index (χ0n) is 8.46. The van der Waals surface area contributed by atoms with Gasteiger partial charge in [0.2, 0.25) is 0 Å². The Bertz CT molecular complexity index is 244. The van der Waals surface area contributed by atoms with Gasteiger partial charge in [0.05, 0.1) is 5.69 Å². The number of nitrogens with zero attached hydrogens (tertiary/aromatic N) is 1. The predicted octanol–water partition coefficient (Wildman–Crippen LogP) is 1.49. The predicted molar refractivity (Wildman–Crippen MR) is 55.9 cm³/mol. The first-order valence-corrected chi connectivity index (χ1v) is 4.47. The lowest BCUT2D eigenvalue weighted by atomic mass is 10.1. The first kappa shape index (κ1) is 9.99. The van der Waals surface area contributed by atoms with Crippen LogP contribution in [0, 0.1) is 0 Å². The van der Waals surface area contributed by atoms with Crippen molar-refractivity contribution >= 4 is 5.69 Å². The molecular formula is C10H17N3. The van der Waals surface area contributed by atoms with Gasteiger partial charge in [-0.3, -0.25) is 4.98 Å². The second-order valence-corrected chi connectivity index (χ2v) is 3.73. The molecule has 0 aliphatic carbocycles. The van der Waals surface area contributed by atoms with E-state index in [0.717, 1.165) is 12.2 Å². The molecule has 3 heteroatoms. The number of hydrogen-bond donors (Lipinski definition) is 2. The molecular weight excluding hydrogens is 162 g/mol. The summed E-state index contributed by atoms with van der Waals surface area (Å²) in [5, 5.41) is 6.54. The van der Waals surface area contributed by atoms with E-state index in [-0.39, 0.29) is 5.54 Å². The average molecular weight is 179 g/mol. The van der Waals surface area contributed by atoms with Crippen LogP contribution in [-0.4, -0.2) is 24.1 Å². The van der Waals surface area contributed by atoms with E-state index in [1.54, 1.807) is 6.20 Å². The van der Waals surface area contributed by atoms with Gasteiger partial charge in [0.1, 0.15) is 0 Å². The van der Waals surface area contributed by atoms with Gasteiger partial charge in [-0.25, -0.2) is 0 Å². The van der Waals surface area contributed by atoms with Gasteiger partial charge < -0.3 is 10.6 Å². The van der Waals surface area contributed by atoms with Gasteiger partial charge in [-0.2, -0.15) is 0 Å². The minimum atomic E-state index is 0.107. The minimum Gasteiger partial charge on any atom is -0.382 e. The zero-order chi connectivity index (χ0) is 9.73. The van der Waals surface area contributed by atoms with E-state index in [1.165, 1.54) is 0 Å². The highest BCUT2D eigenvalue weighted by Gasteiger charge is 2.13. The molecule has 13 heavy (non-hydrogen) atoms. The maximum absolute atomic E-state index is 4.03. The Balaban J connectivity index is 2.44. The van der Waals surface area contributed by atoms with Crippen molar-refractivity contribution in [2.75, 3.05) is 18.9 Å². The maximum atomic E-state index is 4.03. The van der Waals surface area contributed by atoms with Crippen LogP contribution in [0.15, 0.2) is 24.5 Å². The van der Waals surface area contributed by atoms with Crippen molar-refractivity contribution < 1.29 is 0 Å². The summed E-state index contributed by atoms with van der Waals surface area (Å²) in [5.41, 5.74) is 1.17. The Labute approximate surface area is 79.6 Å². The normalized spacial score (nSPS) is 11.3. The van der Waals surface area contributed by atoms with E-state index >= 15 is 0 Å². The first-order valence-electron chi connectivity index (χ1n) is 4.47. The van der Waals surface area contributed by atoms with Crippen LogP contribution < -0.4 is 10.6 Å². The third-order valence-corrected chi connectivity index (χ3v) is 2.07. The van der Waals surface area contributed by atoms with E-state index < -0.39 is 0 Å². The van der Waals surface area contributed by atoms with Gasteiger partial charge in [-0.05, 0) is 33.0 Å². The summed E-state index contributed by atoms with van der Waals surface area (Å²) in [7, 11) is 1.96. The van der Waals surface area contributed by atoms with Crippen LogP contribution in [0.1, 0.15) is 13.8 Å². The van der Waals surface area contributed by atoms with Gasteiger partial charge in [0.15, 0.2) is 0 Å². The number of likely N-dealkylation sites (N-methyl/N-ethyl adjacent to an activating group) is 1. The van der Waals surface area contributed by atoms with Crippen LogP contribution in [0.3, 0.4) is 0 Å². The average Bonchev–Trinajstić information content (AvgIpc) is 2.17. The second kappa shape index (κ2) is 4.23. The topological polar surface area (TPSA) is 37.0 Å². The molecule has 0 amide bonds. The third-order valence-electron chi connectivity index (χ3n) is 2.07. The fourth-order valence-corrected chi connectivity index (χ4v) is 0.879. The van der Waals surface area contributed by atoms with Crippen LogP contribution in [0.2, 0.25) is 0 Å². The fraction of sp³-hybridized carbons (Fsp3) is 0.500. The monoisotopic (exact) mass is 179 g/mol. The smallest absolute Gasteiger partial charge is 0.0527 e. The number of hydrogen-bond acceptors (Lipinski definition) is 3. The Kier molecular flexibility index (Phi) is 3.25. The van der Waals surface area contributed by atoms with Crippen LogP contribution >= 0.6 is 0 Å². The van der Waals surface area contributed by atoms with Crippen molar-refractivity contribution in [3.05, 3.63) is 24.5 Å². The summed E-state index contributed by atoms with van der Waals surface area (Å²) in [6.07, 6.45) is 3.60. The lowest BCUT2D eigenvalue weighted by Crippen LogP contribution is -2.42. The standard InChI is InChI=1S/C10H17N3/c1-10(2,11-3)8-13-9-5-4-6-12-7-9/h4-7,11,13H,8H2,1-3H3. The number of anilines is 1. The van der Waals surface area contributed by atoms with Crippen molar-refractivity contribution in [2.24, 2.45) is 0 Å².